The SMILES string of the molecule is NC1(Cc2c(O)ccc3c2OCCO3)CC1. The molecule has 1 saturated carbocycles. The average Bonchev–Trinajstić information content (AvgIpc) is 3.01. The van der Waals surface area contributed by atoms with Gasteiger partial charge in [-0.1, -0.05) is 0 Å². The second-order valence-electron chi connectivity index (χ2n) is 4.63. The van der Waals surface area contributed by atoms with Crippen LogP contribution in [0.25, 0.3) is 0 Å². The molecule has 4 heteroatoms. The highest BCUT2D eigenvalue weighted by Crippen LogP contribution is 2.44. The number of phenols is 1. The van der Waals surface area contributed by atoms with Crippen molar-refractivity contribution in [2.75, 3.05) is 13.2 Å². The van der Waals surface area contributed by atoms with E-state index in [-0.39, 0.29) is 11.3 Å². The second-order valence-corrected chi connectivity index (χ2v) is 4.63. The number of aromatic hydroxyl groups is 1. The Morgan fingerprint density at radius 1 is 1.25 bits per heavy atom. The molecule has 1 aromatic carbocycles. The first kappa shape index (κ1) is 9.78. The monoisotopic (exact) mass is 221 g/mol. The highest BCUT2D eigenvalue weighted by atomic mass is 16.6. The van der Waals surface area contributed by atoms with Gasteiger partial charge in [0.2, 0.25) is 0 Å². The molecule has 4 nitrogen and oxygen atoms in total. The summed E-state index contributed by atoms with van der Waals surface area (Å²) < 4.78 is 11.0. The lowest BCUT2D eigenvalue weighted by Crippen LogP contribution is -2.26. The van der Waals surface area contributed by atoms with Crippen molar-refractivity contribution >= 4 is 0 Å². The molecule has 1 aromatic rings. The van der Waals surface area contributed by atoms with E-state index in [9.17, 15) is 5.11 Å². The van der Waals surface area contributed by atoms with Crippen LogP contribution in [0, 0.1) is 0 Å². The Bertz CT molecular complexity index is 427. The number of hydrogen-bond acceptors (Lipinski definition) is 4. The van der Waals surface area contributed by atoms with Crippen LogP contribution in [0.4, 0.5) is 0 Å². The highest BCUT2D eigenvalue weighted by molar-refractivity contribution is 5.55. The molecular weight excluding hydrogens is 206 g/mol. The van der Waals surface area contributed by atoms with Crippen LogP contribution in [-0.2, 0) is 6.42 Å². The molecule has 0 saturated heterocycles. The van der Waals surface area contributed by atoms with Gasteiger partial charge in [-0.25, -0.2) is 0 Å². The quantitative estimate of drug-likeness (QED) is 0.787. The van der Waals surface area contributed by atoms with Crippen LogP contribution in [-0.4, -0.2) is 23.9 Å². The Morgan fingerprint density at radius 2 is 2.00 bits per heavy atom. The standard InChI is InChI=1S/C12H15NO3/c13-12(3-4-12)7-8-9(14)1-2-10-11(8)16-6-5-15-10/h1-2,14H,3-7,13H2. The van der Waals surface area contributed by atoms with E-state index < -0.39 is 0 Å². The minimum atomic E-state index is -0.145. The zero-order valence-electron chi connectivity index (χ0n) is 9.03. The molecule has 3 N–H and O–H groups in total. The molecule has 1 aliphatic carbocycles. The summed E-state index contributed by atoms with van der Waals surface area (Å²) in [7, 11) is 0. The van der Waals surface area contributed by atoms with E-state index in [2.05, 4.69) is 0 Å². The van der Waals surface area contributed by atoms with Crippen molar-refractivity contribution in [2.24, 2.45) is 5.73 Å². The van der Waals surface area contributed by atoms with Crippen LogP contribution in [0.3, 0.4) is 0 Å². The molecule has 1 heterocycles. The molecule has 0 radical (unpaired) electrons. The molecule has 16 heavy (non-hydrogen) atoms. The fourth-order valence-corrected chi connectivity index (χ4v) is 2.02. The lowest BCUT2D eigenvalue weighted by Gasteiger charge is -2.22. The molecule has 3 rings (SSSR count). The lowest BCUT2D eigenvalue weighted by atomic mass is 10.0. The van der Waals surface area contributed by atoms with Gasteiger partial charge in [0.1, 0.15) is 19.0 Å². The number of ether oxygens (including phenoxy) is 2. The Labute approximate surface area is 94.0 Å². The Balaban J connectivity index is 2.00. The van der Waals surface area contributed by atoms with Gasteiger partial charge in [0.05, 0.1) is 0 Å². The van der Waals surface area contributed by atoms with E-state index in [0.29, 0.717) is 31.1 Å². The minimum absolute atomic E-state index is 0.145. The third-order valence-electron chi connectivity index (χ3n) is 3.21. The summed E-state index contributed by atoms with van der Waals surface area (Å²) in [5.74, 6) is 1.63. The number of fused-ring (bicyclic) bond motifs is 1. The van der Waals surface area contributed by atoms with Crippen LogP contribution < -0.4 is 15.2 Å². The summed E-state index contributed by atoms with van der Waals surface area (Å²) in [5.41, 5.74) is 6.72. The molecule has 1 aliphatic heterocycles. The highest BCUT2D eigenvalue weighted by Gasteiger charge is 2.40. The maximum atomic E-state index is 9.87. The minimum Gasteiger partial charge on any atom is -0.508 e. The van der Waals surface area contributed by atoms with Gasteiger partial charge in [0.15, 0.2) is 11.5 Å². The number of rotatable bonds is 2. The van der Waals surface area contributed by atoms with Gasteiger partial charge in [-0.2, -0.15) is 0 Å². The van der Waals surface area contributed by atoms with E-state index in [4.69, 9.17) is 15.2 Å². The number of phenolic OH excluding ortho intramolecular Hbond substituents is 1. The largest absolute Gasteiger partial charge is 0.508 e. The predicted molar refractivity (Wildman–Crippen MR) is 59.0 cm³/mol. The van der Waals surface area contributed by atoms with E-state index >= 15 is 0 Å². The molecule has 0 bridgehead atoms. The molecule has 0 aromatic heterocycles. The van der Waals surface area contributed by atoms with Crippen molar-refractivity contribution in [3.05, 3.63) is 17.7 Å². The van der Waals surface area contributed by atoms with E-state index in [1.165, 1.54) is 0 Å². The van der Waals surface area contributed by atoms with Gasteiger partial charge in [-0.05, 0) is 31.4 Å². The maximum Gasteiger partial charge on any atom is 0.168 e. The lowest BCUT2D eigenvalue weighted by molar-refractivity contribution is 0.168. The summed E-state index contributed by atoms with van der Waals surface area (Å²) in [6.07, 6.45) is 2.68. The summed E-state index contributed by atoms with van der Waals surface area (Å²) in [6.45, 7) is 1.09. The van der Waals surface area contributed by atoms with Gasteiger partial charge in [0.25, 0.3) is 0 Å². The van der Waals surface area contributed by atoms with Crippen LogP contribution >= 0.6 is 0 Å². The summed E-state index contributed by atoms with van der Waals surface area (Å²) in [4.78, 5) is 0. The number of hydrogen-bond donors (Lipinski definition) is 2. The van der Waals surface area contributed by atoms with Crippen molar-refractivity contribution in [1.29, 1.82) is 0 Å². The molecule has 0 atom stereocenters. The van der Waals surface area contributed by atoms with Crippen molar-refractivity contribution in [2.45, 2.75) is 24.8 Å². The Morgan fingerprint density at radius 3 is 2.75 bits per heavy atom. The van der Waals surface area contributed by atoms with Crippen LogP contribution in [0.1, 0.15) is 18.4 Å². The number of nitrogens with two attached hydrogens (primary N) is 1. The Hall–Kier alpha value is -1.42. The third kappa shape index (κ3) is 1.59. The Kier molecular flexibility index (Phi) is 2.01. The molecule has 0 unspecified atom stereocenters. The van der Waals surface area contributed by atoms with Gasteiger partial charge >= 0.3 is 0 Å². The van der Waals surface area contributed by atoms with Gasteiger partial charge in [0, 0.05) is 11.1 Å². The molecule has 0 amide bonds. The van der Waals surface area contributed by atoms with Crippen LogP contribution in [0.2, 0.25) is 0 Å². The third-order valence-corrected chi connectivity index (χ3v) is 3.21. The summed E-state index contributed by atoms with van der Waals surface area (Å²) in [5, 5.41) is 9.87. The topological polar surface area (TPSA) is 64.7 Å². The molecule has 1 fully saturated rings. The van der Waals surface area contributed by atoms with Crippen molar-refractivity contribution in [3.63, 3.8) is 0 Å². The molecule has 0 spiro atoms. The van der Waals surface area contributed by atoms with E-state index in [0.717, 1.165) is 18.4 Å². The molecule has 2 aliphatic rings. The predicted octanol–water partition coefficient (Wildman–Crippen LogP) is 1.20. The van der Waals surface area contributed by atoms with Gasteiger partial charge in [-0.3, -0.25) is 0 Å². The second kappa shape index (κ2) is 3.28. The smallest absolute Gasteiger partial charge is 0.168 e. The van der Waals surface area contributed by atoms with E-state index in [1.54, 1.807) is 12.1 Å². The van der Waals surface area contributed by atoms with Crippen molar-refractivity contribution in [1.82, 2.24) is 0 Å². The van der Waals surface area contributed by atoms with Crippen molar-refractivity contribution < 1.29 is 14.6 Å². The maximum absolute atomic E-state index is 9.87. The van der Waals surface area contributed by atoms with Gasteiger partial charge < -0.3 is 20.3 Å². The fourth-order valence-electron chi connectivity index (χ4n) is 2.02. The fraction of sp³-hybridized carbons (Fsp3) is 0.500. The first-order chi connectivity index (χ1) is 7.68. The van der Waals surface area contributed by atoms with Crippen molar-refractivity contribution in [3.8, 4) is 17.2 Å². The van der Waals surface area contributed by atoms with Crippen LogP contribution in [0.5, 0.6) is 17.2 Å². The zero-order valence-corrected chi connectivity index (χ0v) is 9.03. The van der Waals surface area contributed by atoms with Gasteiger partial charge in [-0.15, -0.1) is 0 Å². The zero-order chi connectivity index (χ0) is 11.2. The van der Waals surface area contributed by atoms with E-state index in [1.807, 2.05) is 0 Å². The molecular formula is C12H15NO3. The summed E-state index contributed by atoms with van der Waals surface area (Å²) >= 11 is 0. The molecule has 86 valence electrons. The normalized spacial score (nSPS) is 20.6. The first-order valence-corrected chi connectivity index (χ1v) is 5.57. The first-order valence-electron chi connectivity index (χ1n) is 5.57. The summed E-state index contributed by atoms with van der Waals surface area (Å²) in [6, 6.07) is 3.39. The number of benzene rings is 1. The van der Waals surface area contributed by atoms with Crippen LogP contribution in [0.15, 0.2) is 12.1 Å². The average molecular weight is 221 g/mol.